The van der Waals surface area contributed by atoms with Crippen molar-refractivity contribution >= 4 is 22.7 Å². The molecule has 0 spiro atoms. The monoisotopic (exact) mass is 430 g/mol. The number of fused-ring (bicyclic) bond motifs is 1. The summed E-state index contributed by atoms with van der Waals surface area (Å²) in [4.78, 5) is 22.3. The Bertz CT molecular complexity index is 1390. The van der Waals surface area contributed by atoms with Crippen molar-refractivity contribution in [2.75, 3.05) is 0 Å². The first kappa shape index (κ1) is 19.3. The molecular formula is C23H18N4O3S. The molecular weight excluding hydrogens is 412 g/mol. The highest BCUT2D eigenvalue weighted by atomic mass is 32.2. The summed E-state index contributed by atoms with van der Waals surface area (Å²) < 4.78 is 12.5. The van der Waals surface area contributed by atoms with Crippen LogP contribution in [-0.4, -0.2) is 19.7 Å². The van der Waals surface area contributed by atoms with Gasteiger partial charge in [0.25, 0.3) is 5.56 Å². The van der Waals surface area contributed by atoms with E-state index >= 15 is 0 Å². The third kappa shape index (κ3) is 4.02. The van der Waals surface area contributed by atoms with Crippen LogP contribution in [0.2, 0.25) is 0 Å². The van der Waals surface area contributed by atoms with Crippen LogP contribution in [0.1, 0.15) is 17.2 Å². The molecule has 31 heavy (non-hydrogen) atoms. The lowest BCUT2D eigenvalue weighted by molar-refractivity contribution is 0.391. The third-order valence-corrected chi connectivity index (χ3v) is 5.78. The maximum atomic E-state index is 13.1. The Morgan fingerprint density at radius 3 is 2.65 bits per heavy atom. The van der Waals surface area contributed by atoms with E-state index in [0.717, 1.165) is 5.56 Å². The van der Waals surface area contributed by atoms with Crippen LogP contribution in [0.15, 0.2) is 85.8 Å². The SMILES string of the molecule is Cc1ccc(-c2noc(CSc3nc4ccccc4c(=O)n3Cc3ccco3)n2)cc1. The van der Waals surface area contributed by atoms with E-state index in [0.29, 0.717) is 45.8 Å². The number of thioether (sulfide) groups is 1. The average Bonchev–Trinajstić information content (AvgIpc) is 3.47. The zero-order chi connectivity index (χ0) is 21.2. The van der Waals surface area contributed by atoms with Gasteiger partial charge < -0.3 is 8.94 Å². The van der Waals surface area contributed by atoms with Gasteiger partial charge >= 0.3 is 0 Å². The summed E-state index contributed by atoms with van der Waals surface area (Å²) in [6.07, 6.45) is 1.59. The van der Waals surface area contributed by atoms with Gasteiger partial charge in [-0.2, -0.15) is 4.98 Å². The second kappa shape index (κ2) is 8.23. The van der Waals surface area contributed by atoms with Gasteiger partial charge in [0.05, 0.1) is 29.5 Å². The highest BCUT2D eigenvalue weighted by molar-refractivity contribution is 7.98. The zero-order valence-corrected chi connectivity index (χ0v) is 17.5. The summed E-state index contributed by atoms with van der Waals surface area (Å²) >= 11 is 1.38. The molecule has 0 N–H and O–H groups in total. The Morgan fingerprint density at radius 1 is 1.00 bits per heavy atom. The largest absolute Gasteiger partial charge is 0.467 e. The van der Waals surface area contributed by atoms with E-state index in [1.165, 1.54) is 17.3 Å². The Morgan fingerprint density at radius 2 is 1.84 bits per heavy atom. The number of para-hydroxylation sites is 1. The molecule has 7 nitrogen and oxygen atoms in total. The number of aryl methyl sites for hydroxylation is 1. The molecule has 154 valence electrons. The van der Waals surface area contributed by atoms with Crippen molar-refractivity contribution < 1.29 is 8.94 Å². The van der Waals surface area contributed by atoms with Crippen molar-refractivity contribution in [1.82, 2.24) is 19.7 Å². The standard InChI is InChI=1S/C23H18N4O3S/c1-15-8-10-16(11-9-15)21-25-20(30-26-21)14-31-23-24-19-7-3-2-6-18(19)22(28)27(23)13-17-5-4-12-29-17/h2-12H,13-14H2,1H3. The summed E-state index contributed by atoms with van der Waals surface area (Å²) in [6.45, 7) is 2.32. The molecule has 0 saturated heterocycles. The normalized spacial score (nSPS) is 11.3. The Balaban J connectivity index is 1.44. The number of rotatable bonds is 6. The van der Waals surface area contributed by atoms with Crippen LogP contribution < -0.4 is 5.56 Å². The summed E-state index contributed by atoms with van der Waals surface area (Å²) in [7, 11) is 0. The zero-order valence-electron chi connectivity index (χ0n) is 16.7. The first-order chi connectivity index (χ1) is 15.2. The average molecular weight is 430 g/mol. The van der Waals surface area contributed by atoms with E-state index in [1.807, 2.05) is 55.5 Å². The minimum Gasteiger partial charge on any atom is -0.467 e. The molecule has 0 bridgehead atoms. The van der Waals surface area contributed by atoms with Crippen LogP contribution in [0.4, 0.5) is 0 Å². The molecule has 0 aliphatic heterocycles. The second-order valence-electron chi connectivity index (χ2n) is 7.05. The van der Waals surface area contributed by atoms with Gasteiger partial charge in [0.2, 0.25) is 11.7 Å². The van der Waals surface area contributed by atoms with Gasteiger partial charge in [-0.25, -0.2) is 4.98 Å². The molecule has 5 rings (SSSR count). The smallest absolute Gasteiger partial charge is 0.262 e. The molecule has 0 unspecified atom stereocenters. The first-order valence-corrected chi connectivity index (χ1v) is 10.7. The van der Waals surface area contributed by atoms with Gasteiger partial charge in [-0.1, -0.05) is 58.9 Å². The van der Waals surface area contributed by atoms with E-state index in [4.69, 9.17) is 13.9 Å². The van der Waals surface area contributed by atoms with Crippen molar-refractivity contribution in [1.29, 1.82) is 0 Å². The number of hydrogen-bond donors (Lipinski definition) is 0. The van der Waals surface area contributed by atoms with Crippen LogP contribution in [-0.2, 0) is 12.3 Å². The molecule has 2 aromatic carbocycles. The van der Waals surface area contributed by atoms with Gasteiger partial charge in [0, 0.05) is 5.56 Å². The summed E-state index contributed by atoms with van der Waals surface area (Å²) in [5.41, 5.74) is 2.59. The van der Waals surface area contributed by atoms with Crippen LogP contribution in [0.3, 0.4) is 0 Å². The third-order valence-electron chi connectivity index (χ3n) is 4.82. The van der Waals surface area contributed by atoms with E-state index < -0.39 is 0 Å². The van der Waals surface area contributed by atoms with Crippen molar-refractivity contribution in [2.45, 2.75) is 24.4 Å². The van der Waals surface area contributed by atoms with Crippen molar-refractivity contribution in [3.05, 3.63) is 94.5 Å². The van der Waals surface area contributed by atoms with Crippen molar-refractivity contribution in [3.63, 3.8) is 0 Å². The van der Waals surface area contributed by atoms with E-state index in [2.05, 4.69) is 10.1 Å². The lowest BCUT2D eigenvalue weighted by atomic mass is 10.1. The van der Waals surface area contributed by atoms with Crippen LogP contribution >= 0.6 is 11.8 Å². The first-order valence-electron chi connectivity index (χ1n) is 9.72. The maximum absolute atomic E-state index is 13.1. The van der Waals surface area contributed by atoms with Gasteiger partial charge in [-0.3, -0.25) is 9.36 Å². The van der Waals surface area contributed by atoms with Crippen LogP contribution in [0, 0.1) is 6.92 Å². The Hall–Kier alpha value is -3.65. The molecule has 0 radical (unpaired) electrons. The fourth-order valence-electron chi connectivity index (χ4n) is 3.22. The lowest BCUT2D eigenvalue weighted by Crippen LogP contribution is -2.23. The summed E-state index contributed by atoms with van der Waals surface area (Å²) in [6, 6.07) is 18.9. The van der Waals surface area contributed by atoms with E-state index in [9.17, 15) is 4.79 Å². The molecule has 3 aromatic heterocycles. The van der Waals surface area contributed by atoms with Gasteiger partial charge in [-0.15, -0.1) is 0 Å². The molecule has 0 aliphatic carbocycles. The molecule has 0 saturated carbocycles. The highest BCUT2D eigenvalue weighted by Crippen LogP contribution is 2.24. The van der Waals surface area contributed by atoms with Crippen LogP contribution in [0.25, 0.3) is 22.3 Å². The van der Waals surface area contributed by atoms with Gasteiger partial charge in [0.15, 0.2) is 5.16 Å². The maximum Gasteiger partial charge on any atom is 0.262 e. The molecule has 0 fully saturated rings. The minimum absolute atomic E-state index is 0.115. The molecule has 5 aromatic rings. The van der Waals surface area contributed by atoms with E-state index in [-0.39, 0.29) is 5.56 Å². The number of nitrogens with zero attached hydrogens (tertiary/aromatic N) is 4. The summed E-state index contributed by atoms with van der Waals surface area (Å²) in [5, 5.41) is 5.21. The second-order valence-corrected chi connectivity index (χ2v) is 7.99. The lowest BCUT2D eigenvalue weighted by Gasteiger charge is -2.11. The number of furan rings is 1. The molecule has 0 atom stereocenters. The highest BCUT2D eigenvalue weighted by Gasteiger charge is 2.15. The molecule has 3 heterocycles. The number of benzene rings is 2. The number of aromatic nitrogens is 4. The van der Waals surface area contributed by atoms with Crippen molar-refractivity contribution in [3.8, 4) is 11.4 Å². The predicted octanol–water partition coefficient (Wildman–Crippen LogP) is 4.69. The molecule has 0 amide bonds. The fourth-order valence-corrected chi connectivity index (χ4v) is 4.05. The fraction of sp³-hybridized carbons (Fsp3) is 0.130. The Kier molecular flexibility index (Phi) is 5.13. The van der Waals surface area contributed by atoms with Gasteiger partial charge in [0.1, 0.15) is 5.76 Å². The van der Waals surface area contributed by atoms with Gasteiger partial charge in [-0.05, 0) is 31.2 Å². The Labute approximate surface area is 181 Å². The quantitative estimate of drug-likeness (QED) is 0.285. The van der Waals surface area contributed by atoms with Crippen LogP contribution in [0.5, 0.6) is 0 Å². The van der Waals surface area contributed by atoms with Crippen molar-refractivity contribution in [2.24, 2.45) is 0 Å². The number of hydrogen-bond acceptors (Lipinski definition) is 7. The predicted molar refractivity (Wildman–Crippen MR) is 118 cm³/mol. The minimum atomic E-state index is -0.115. The topological polar surface area (TPSA) is 87.0 Å². The summed E-state index contributed by atoms with van der Waals surface area (Å²) in [5.74, 6) is 2.07. The van der Waals surface area contributed by atoms with E-state index in [1.54, 1.807) is 23.0 Å². The molecule has 8 heteroatoms. The molecule has 0 aliphatic rings.